The summed E-state index contributed by atoms with van der Waals surface area (Å²) < 4.78 is 1.83. The molecule has 1 rings (SSSR count). The van der Waals surface area contributed by atoms with E-state index in [0.29, 0.717) is 12.5 Å². The molecule has 1 atom stereocenters. The molecule has 1 aromatic heterocycles. The van der Waals surface area contributed by atoms with Gasteiger partial charge in [-0.3, -0.25) is 4.68 Å². The minimum absolute atomic E-state index is 0.549. The Hall–Kier alpha value is -0.830. The summed E-state index contributed by atoms with van der Waals surface area (Å²) in [6.45, 7) is 8.60. The molecule has 0 bridgehead atoms. The van der Waals surface area contributed by atoms with E-state index in [1.165, 1.54) is 24.8 Å². The number of unbranched alkanes of at least 4 members (excludes halogenated alkanes) is 1. The lowest BCUT2D eigenvalue weighted by molar-refractivity contribution is 0.0577. The quantitative estimate of drug-likeness (QED) is 0.806. The van der Waals surface area contributed by atoms with Crippen LogP contribution in [0, 0.1) is 0 Å². The van der Waals surface area contributed by atoms with Crippen molar-refractivity contribution < 1.29 is 5.11 Å². The van der Waals surface area contributed by atoms with Crippen molar-refractivity contribution in [1.29, 1.82) is 0 Å². The van der Waals surface area contributed by atoms with Gasteiger partial charge in [0.25, 0.3) is 0 Å². The Morgan fingerprint density at radius 3 is 2.75 bits per heavy atom. The number of hydrogen-bond acceptors (Lipinski definition) is 2. The van der Waals surface area contributed by atoms with Gasteiger partial charge in [-0.05, 0) is 31.7 Å². The van der Waals surface area contributed by atoms with Crippen molar-refractivity contribution in [3.05, 3.63) is 18.0 Å². The van der Waals surface area contributed by atoms with Crippen LogP contribution in [-0.2, 0) is 6.54 Å². The maximum Gasteiger partial charge on any atom is 0.0786 e. The van der Waals surface area contributed by atoms with E-state index in [2.05, 4.69) is 25.1 Å². The molecule has 0 saturated carbocycles. The molecule has 0 aromatic carbocycles. The van der Waals surface area contributed by atoms with Crippen LogP contribution in [0.25, 0.3) is 0 Å². The molecule has 0 spiro atoms. The second-order valence-electron chi connectivity index (χ2n) is 5.33. The van der Waals surface area contributed by atoms with E-state index in [9.17, 15) is 5.11 Å². The van der Waals surface area contributed by atoms with Crippen molar-refractivity contribution in [2.75, 3.05) is 0 Å². The Bertz CT molecular complexity index is 312. The Labute approximate surface area is 98.5 Å². The first-order valence-electron chi connectivity index (χ1n) is 6.17. The topological polar surface area (TPSA) is 38.0 Å². The molecular formula is C13H24N2O. The highest BCUT2D eigenvalue weighted by molar-refractivity contribution is 5.10. The third-order valence-electron chi connectivity index (χ3n) is 2.76. The Balaban J connectivity index is 2.57. The van der Waals surface area contributed by atoms with E-state index in [4.69, 9.17) is 0 Å². The van der Waals surface area contributed by atoms with Crippen molar-refractivity contribution in [1.82, 2.24) is 9.78 Å². The standard InChI is InChI=1S/C13H24N2O/c1-5-6-7-11(2)12-8-14-15(9-12)10-13(3,4)16/h8-9,11,16H,5-7,10H2,1-4H3. The van der Waals surface area contributed by atoms with Gasteiger partial charge in [0.15, 0.2) is 0 Å². The summed E-state index contributed by atoms with van der Waals surface area (Å²) in [4.78, 5) is 0. The van der Waals surface area contributed by atoms with Crippen LogP contribution in [-0.4, -0.2) is 20.5 Å². The van der Waals surface area contributed by atoms with Crippen molar-refractivity contribution in [2.24, 2.45) is 0 Å². The van der Waals surface area contributed by atoms with E-state index in [0.717, 1.165) is 0 Å². The number of nitrogens with zero attached hydrogens (tertiary/aromatic N) is 2. The number of aromatic nitrogens is 2. The zero-order chi connectivity index (χ0) is 12.2. The summed E-state index contributed by atoms with van der Waals surface area (Å²) in [5.41, 5.74) is 0.577. The van der Waals surface area contributed by atoms with Gasteiger partial charge in [-0.25, -0.2) is 0 Å². The van der Waals surface area contributed by atoms with Crippen LogP contribution in [0.2, 0.25) is 0 Å². The number of hydrogen-bond donors (Lipinski definition) is 1. The highest BCUT2D eigenvalue weighted by Gasteiger charge is 2.15. The van der Waals surface area contributed by atoms with Gasteiger partial charge in [-0.1, -0.05) is 26.7 Å². The lowest BCUT2D eigenvalue weighted by Crippen LogP contribution is -2.26. The van der Waals surface area contributed by atoms with Crippen molar-refractivity contribution >= 4 is 0 Å². The SMILES string of the molecule is CCCCC(C)c1cnn(CC(C)(C)O)c1. The minimum Gasteiger partial charge on any atom is -0.389 e. The van der Waals surface area contributed by atoms with Crippen LogP contribution < -0.4 is 0 Å². The maximum absolute atomic E-state index is 9.70. The fraction of sp³-hybridized carbons (Fsp3) is 0.769. The van der Waals surface area contributed by atoms with Crippen LogP contribution in [0.5, 0.6) is 0 Å². The van der Waals surface area contributed by atoms with Crippen LogP contribution >= 0.6 is 0 Å². The zero-order valence-corrected chi connectivity index (χ0v) is 10.9. The molecule has 16 heavy (non-hydrogen) atoms. The first kappa shape index (κ1) is 13.2. The lowest BCUT2D eigenvalue weighted by atomic mass is 9.99. The van der Waals surface area contributed by atoms with Gasteiger partial charge in [0.05, 0.1) is 18.3 Å². The van der Waals surface area contributed by atoms with Crippen LogP contribution in [0.1, 0.15) is 58.4 Å². The third kappa shape index (κ3) is 4.35. The van der Waals surface area contributed by atoms with Crippen LogP contribution in [0.15, 0.2) is 12.4 Å². The lowest BCUT2D eigenvalue weighted by Gasteiger charge is -2.16. The molecule has 1 N–H and O–H groups in total. The van der Waals surface area contributed by atoms with E-state index < -0.39 is 5.60 Å². The fourth-order valence-corrected chi connectivity index (χ4v) is 1.79. The zero-order valence-electron chi connectivity index (χ0n) is 10.9. The molecule has 0 fully saturated rings. The molecule has 92 valence electrons. The molecule has 1 unspecified atom stereocenters. The molecule has 3 heteroatoms. The largest absolute Gasteiger partial charge is 0.389 e. The van der Waals surface area contributed by atoms with Crippen molar-refractivity contribution in [2.45, 2.75) is 65.0 Å². The molecule has 1 heterocycles. The first-order chi connectivity index (χ1) is 7.42. The van der Waals surface area contributed by atoms with Gasteiger partial charge in [-0.2, -0.15) is 5.10 Å². The van der Waals surface area contributed by atoms with Gasteiger partial charge in [-0.15, -0.1) is 0 Å². The predicted octanol–water partition coefficient (Wildman–Crippen LogP) is 2.95. The molecule has 0 saturated heterocycles. The summed E-state index contributed by atoms with van der Waals surface area (Å²) in [6, 6.07) is 0. The molecule has 0 aliphatic rings. The molecule has 0 aliphatic carbocycles. The Morgan fingerprint density at radius 1 is 1.50 bits per heavy atom. The summed E-state index contributed by atoms with van der Waals surface area (Å²) in [5, 5.41) is 14.0. The van der Waals surface area contributed by atoms with E-state index in [1.54, 1.807) is 13.8 Å². The van der Waals surface area contributed by atoms with Gasteiger partial charge in [0, 0.05) is 6.20 Å². The molecule has 1 aromatic rings. The third-order valence-corrected chi connectivity index (χ3v) is 2.76. The predicted molar refractivity (Wildman–Crippen MR) is 66.5 cm³/mol. The van der Waals surface area contributed by atoms with Crippen LogP contribution in [0.4, 0.5) is 0 Å². The van der Waals surface area contributed by atoms with E-state index in [1.807, 2.05) is 10.9 Å². The molecule has 0 radical (unpaired) electrons. The minimum atomic E-state index is -0.698. The van der Waals surface area contributed by atoms with Gasteiger partial charge >= 0.3 is 0 Å². The normalized spacial score (nSPS) is 14.1. The first-order valence-corrected chi connectivity index (χ1v) is 6.17. The number of rotatable bonds is 6. The maximum atomic E-state index is 9.70. The molecule has 3 nitrogen and oxygen atoms in total. The van der Waals surface area contributed by atoms with E-state index >= 15 is 0 Å². The second kappa shape index (κ2) is 5.48. The highest BCUT2D eigenvalue weighted by Crippen LogP contribution is 2.21. The van der Waals surface area contributed by atoms with Gasteiger partial charge in [0.2, 0.25) is 0 Å². The van der Waals surface area contributed by atoms with Crippen molar-refractivity contribution in [3.63, 3.8) is 0 Å². The highest BCUT2D eigenvalue weighted by atomic mass is 16.3. The Kier molecular flexibility index (Phi) is 4.54. The second-order valence-corrected chi connectivity index (χ2v) is 5.33. The smallest absolute Gasteiger partial charge is 0.0786 e. The van der Waals surface area contributed by atoms with E-state index in [-0.39, 0.29) is 0 Å². The summed E-state index contributed by atoms with van der Waals surface area (Å²) >= 11 is 0. The molecule has 0 aliphatic heterocycles. The summed E-state index contributed by atoms with van der Waals surface area (Å²) in [6.07, 6.45) is 7.69. The number of aliphatic hydroxyl groups is 1. The summed E-state index contributed by atoms with van der Waals surface area (Å²) in [7, 11) is 0. The summed E-state index contributed by atoms with van der Waals surface area (Å²) in [5.74, 6) is 0.565. The average Bonchev–Trinajstić information content (AvgIpc) is 2.59. The van der Waals surface area contributed by atoms with Gasteiger partial charge in [0.1, 0.15) is 0 Å². The van der Waals surface area contributed by atoms with Gasteiger partial charge < -0.3 is 5.11 Å². The Morgan fingerprint density at radius 2 is 2.19 bits per heavy atom. The molecular weight excluding hydrogens is 200 g/mol. The fourth-order valence-electron chi connectivity index (χ4n) is 1.79. The monoisotopic (exact) mass is 224 g/mol. The average molecular weight is 224 g/mol. The van der Waals surface area contributed by atoms with Crippen molar-refractivity contribution in [3.8, 4) is 0 Å². The molecule has 0 amide bonds. The van der Waals surface area contributed by atoms with Crippen LogP contribution in [0.3, 0.4) is 0 Å².